The van der Waals surface area contributed by atoms with Gasteiger partial charge in [0.25, 0.3) is 0 Å². The first-order valence-corrected chi connectivity index (χ1v) is 7.09. The summed E-state index contributed by atoms with van der Waals surface area (Å²) in [5.74, 6) is 0.886. The van der Waals surface area contributed by atoms with Gasteiger partial charge in [-0.3, -0.25) is 0 Å². The summed E-state index contributed by atoms with van der Waals surface area (Å²) in [6.07, 6.45) is 0. The SMILES string of the molecule is COc1ccc([C@H](N)c2ccsc2)c2ccccc12.Cl. The minimum absolute atomic E-state index is 0. The van der Waals surface area contributed by atoms with Gasteiger partial charge in [-0.25, -0.2) is 0 Å². The minimum Gasteiger partial charge on any atom is -0.496 e. The van der Waals surface area contributed by atoms with Crippen molar-refractivity contribution < 1.29 is 4.74 Å². The first-order valence-electron chi connectivity index (χ1n) is 6.14. The second-order valence-electron chi connectivity index (χ2n) is 4.44. The van der Waals surface area contributed by atoms with Crippen molar-refractivity contribution >= 4 is 34.5 Å². The van der Waals surface area contributed by atoms with Crippen molar-refractivity contribution in [3.63, 3.8) is 0 Å². The van der Waals surface area contributed by atoms with Gasteiger partial charge >= 0.3 is 0 Å². The maximum absolute atomic E-state index is 6.38. The molecule has 0 aliphatic heterocycles. The number of hydrogen-bond acceptors (Lipinski definition) is 3. The van der Waals surface area contributed by atoms with Crippen LogP contribution in [-0.2, 0) is 0 Å². The quantitative estimate of drug-likeness (QED) is 0.779. The molecule has 0 spiro atoms. The van der Waals surface area contributed by atoms with Crippen LogP contribution in [0.1, 0.15) is 17.2 Å². The molecular formula is C16H16ClNOS. The van der Waals surface area contributed by atoms with Crippen LogP contribution in [0.25, 0.3) is 10.8 Å². The summed E-state index contributed by atoms with van der Waals surface area (Å²) in [6, 6.07) is 14.2. The first kappa shape index (κ1) is 14.9. The predicted octanol–water partition coefficient (Wildman–Crippen LogP) is 4.38. The summed E-state index contributed by atoms with van der Waals surface area (Å²) < 4.78 is 5.41. The summed E-state index contributed by atoms with van der Waals surface area (Å²) in [7, 11) is 1.69. The molecule has 0 fully saturated rings. The fourth-order valence-electron chi connectivity index (χ4n) is 2.38. The van der Waals surface area contributed by atoms with Crippen molar-refractivity contribution in [1.82, 2.24) is 0 Å². The molecule has 2 N–H and O–H groups in total. The van der Waals surface area contributed by atoms with Gasteiger partial charge in [-0.15, -0.1) is 12.4 Å². The highest BCUT2D eigenvalue weighted by Gasteiger charge is 2.14. The number of hydrogen-bond donors (Lipinski definition) is 1. The van der Waals surface area contributed by atoms with Crippen LogP contribution in [0.15, 0.2) is 53.2 Å². The molecule has 0 unspecified atom stereocenters. The molecule has 1 atom stereocenters. The number of thiophene rings is 1. The fourth-order valence-corrected chi connectivity index (χ4v) is 3.07. The van der Waals surface area contributed by atoms with Crippen molar-refractivity contribution in [3.8, 4) is 5.75 Å². The van der Waals surface area contributed by atoms with Gasteiger partial charge in [0.2, 0.25) is 0 Å². The molecule has 4 heteroatoms. The van der Waals surface area contributed by atoms with Gasteiger partial charge in [0.1, 0.15) is 5.75 Å². The molecule has 20 heavy (non-hydrogen) atoms. The van der Waals surface area contributed by atoms with Crippen LogP contribution < -0.4 is 10.5 Å². The molecule has 0 radical (unpaired) electrons. The molecule has 2 nitrogen and oxygen atoms in total. The third kappa shape index (κ3) is 2.52. The number of methoxy groups -OCH3 is 1. The number of benzene rings is 2. The summed E-state index contributed by atoms with van der Waals surface area (Å²) in [6.45, 7) is 0. The van der Waals surface area contributed by atoms with Crippen molar-refractivity contribution in [2.45, 2.75) is 6.04 Å². The monoisotopic (exact) mass is 305 g/mol. The number of fused-ring (bicyclic) bond motifs is 1. The lowest BCUT2D eigenvalue weighted by molar-refractivity contribution is 0.419. The molecule has 1 aromatic heterocycles. The summed E-state index contributed by atoms with van der Waals surface area (Å²) >= 11 is 1.67. The number of ether oxygens (including phenoxy) is 1. The first-order chi connectivity index (χ1) is 9.31. The highest BCUT2D eigenvalue weighted by atomic mass is 35.5. The van der Waals surface area contributed by atoms with E-state index in [1.54, 1.807) is 18.4 Å². The van der Waals surface area contributed by atoms with Gasteiger partial charge in [0.15, 0.2) is 0 Å². The van der Waals surface area contributed by atoms with Crippen LogP contribution in [-0.4, -0.2) is 7.11 Å². The van der Waals surface area contributed by atoms with E-state index >= 15 is 0 Å². The Morgan fingerprint density at radius 2 is 1.80 bits per heavy atom. The van der Waals surface area contributed by atoms with E-state index in [1.807, 2.05) is 18.2 Å². The summed E-state index contributed by atoms with van der Waals surface area (Å²) in [5, 5.41) is 6.42. The Bertz CT molecular complexity index is 697. The zero-order valence-corrected chi connectivity index (χ0v) is 12.7. The number of rotatable bonds is 3. The Labute approximate surface area is 128 Å². The molecule has 3 rings (SSSR count). The molecular weight excluding hydrogens is 290 g/mol. The van der Waals surface area contributed by atoms with E-state index in [0.29, 0.717) is 0 Å². The smallest absolute Gasteiger partial charge is 0.126 e. The zero-order chi connectivity index (χ0) is 13.2. The predicted molar refractivity (Wildman–Crippen MR) is 88.1 cm³/mol. The molecule has 2 aromatic carbocycles. The maximum atomic E-state index is 6.38. The van der Waals surface area contributed by atoms with Crippen LogP contribution >= 0.6 is 23.7 Å². The standard InChI is InChI=1S/C16H15NOS.ClH/c1-18-15-7-6-14(12-4-2-3-5-13(12)15)16(17)11-8-9-19-10-11;/h2-10,16H,17H2,1H3;1H/t16-;/m1./s1. The van der Waals surface area contributed by atoms with Crippen molar-refractivity contribution in [1.29, 1.82) is 0 Å². The molecule has 3 aromatic rings. The van der Waals surface area contributed by atoms with E-state index in [9.17, 15) is 0 Å². The van der Waals surface area contributed by atoms with Gasteiger partial charge in [0.05, 0.1) is 13.2 Å². The van der Waals surface area contributed by atoms with Gasteiger partial charge in [-0.2, -0.15) is 11.3 Å². The van der Waals surface area contributed by atoms with Crippen LogP contribution in [0.3, 0.4) is 0 Å². The fraction of sp³-hybridized carbons (Fsp3) is 0.125. The van der Waals surface area contributed by atoms with E-state index in [-0.39, 0.29) is 18.4 Å². The highest BCUT2D eigenvalue weighted by Crippen LogP contribution is 2.33. The Hall–Kier alpha value is -1.55. The molecule has 0 aliphatic rings. The maximum Gasteiger partial charge on any atom is 0.126 e. The van der Waals surface area contributed by atoms with E-state index in [4.69, 9.17) is 10.5 Å². The van der Waals surface area contributed by atoms with Crippen LogP contribution in [0, 0.1) is 0 Å². The molecule has 0 aliphatic carbocycles. The average molecular weight is 306 g/mol. The number of halogens is 1. The molecule has 0 saturated carbocycles. The zero-order valence-electron chi connectivity index (χ0n) is 11.1. The van der Waals surface area contributed by atoms with Gasteiger partial charge in [-0.1, -0.05) is 30.3 Å². The molecule has 0 amide bonds. The van der Waals surface area contributed by atoms with Gasteiger partial charge in [-0.05, 0) is 39.4 Å². The Morgan fingerprint density at radius 1 is 1.05 bits per heavy atom. The minimum atomic E-state index is -0.0953. The lowest BCUT2D eigenvalue weighted by Crippen LogP contribution is -2.11. The van der Waals surface area contributed by atoms with Gasteiger partial charge < -0.3 is 10.5 Å². The third-order valence-electron chi connectivity index (χ3n) is 3.38. The largest absolute Gasteiger partial charge is 0.496 e. The Balaban J connectivity index is 0.00000147. The number of nitrogens with two attached hydrogens (primary N) is 1. The van der Waals surface area contributed by atoms with Crippen LogP contribution in [0.4, 0.5) is 0 Å². The Morgan fingerprint density at radius 3 is 2.45 bits per heavy atom. The highest BCUT2D eigenvalue weighted by molar-refractivity contribution is 7.08. The van der Waals surface area contributed by atoms with Crippen LogP contribution in [0.2, 0.25) is 0 Å². The van der Waals surface area contributed by atoms with E-state index in [0.717, 1.165) is 27.6 Å². The van der Waals surface area contributed by atoms with Crippen molar-refractivity contribution in [2.24, 2.45) is 5.73 Å². The summed E-state index contributed by atoms with van der Waals surface area (Å²) in [5.41, 5.74) is 8.67. The molecule has 0 bridgehead atoms. The van der Waals surface area contributed by atoms with Crippen LogP contribution in [0.5, 0.6) is 5.75 Å². The molecule has 104 valence electrons. The second-order valence-corrected chi connectivity index (χ2v) is 5.22. The Kier molecular flexibility index (Phi) is 4.65. The molecule has 0 saturated heterocycles. The lowest BCUT2D eigenvalue weighted by Gasteiger charge is -2.15. The lowest BCUT2D eigenvalue weighted by atomic mass is 9.95. The average Bonchev–Trinajstić information content (AvgIpc) is 2.99. The normalized spacial score (nSPS) is 11.9. The van der Waals surface area contributed by atoms with Gasteiger partial charge in [0, 0.05) is 5.39 Å². The topological polar surface area (TPSA) is 35.2 Å². The third-order valence-corrected chi connectivity index (χ3v) is 4.08. The van der Waals surface area contributed by atoms with E-state index in [1.165, 1.54) is 0 Å². The summed E-state index contributed by atoms with van der Waals surface area (Å²) in [4.78, 5) is 0. The van der Waals surface area contributed by atoms with E-state index < -0.39 is 0 Å². The molecule has 1 heterocycles. The second kappa shape index (κ2) is 6.27. The van der Waals surface area contributed by atoms with E-state index in [2.05, 4.69) is 35.0 Å². The van der Waals surface area contributed by atoms with Crippen molar-refractivity contribution in [3.05, 3.63) is 64.4 Å². The van der Waals surface area contributed by atoms with Crippen molar-refractivity contribution in [2.75, 3.05) is 7.11 Å².